The highest BCUT2D eigenvalue weighted by Gasteiger charge is 2.70. The minimum absolute atomic E-state index is 0.0158. The predicted octanol–water partition coefficient (Wildman–Crippen LogP) is 7.85. The molecule has 4 amide bonds. The maximum absolute atomic E-state index is 15.4. The molecule has 0 aromatic heterocycles. The van der Waals surface area contributed by atoms with Crippen molar-refractivity contribution in [1.29, 1.82) is 0 Å². The topological polar surface area (TPSA) is 116 Å². The number of nitrogens with zero attached hydrogens (tertiary/aromatic N) is 2. The quantitative estimate of drug-likeness (QED) is 0.146. The third kappa shape index (κ3) is 5.12. The number of fused-ring (bicyclic) bond motifs is 4. The molecule has 2 heterocycles. The van der Waals surface area contributed by atoms with Gasteiger partial charge in [0.25, 0.3) is 11.8 Å². The van der Waals surface area contributed by atoms with Crippen LogP contribution >= 0.6 is 23.2 Å². The number of ether oxygens (including phenoxy) is 1. The first-order chi connectivity index (χ1) is 25.5. The van der Waals surface area contributed by atoms with Crippen molar-refractivity contribution in [1.82, 2.24) is 5.01 Å². The van der Waals surface area contributed by atoms with Crippen LogP contribution in [0.5, 0.6) is 11.5 Å². The first-order valence-electron chi connectivity index (χ1n) is 17.3. The zero-order chi connectivity index (χ0) is 37.3. The molecule has 3 fully saturated rings. The molecule has 0 bridgehead atoms. The van der Waals surface area contributed by atoms with Crippen LogP contribution in [0.2, 0.25) is 10.0 Å². The molecule has 53 heavy (non-hydrogen) atoms. The van der Waals surface area contributed by atoms with Crippen molar-refractivity contribution in [2.75, 3.05) is 17.4 Å². The number of phenols is 1. The lowest BCUT2D eigenvalue weighted by Crippen LogP contribution is -2.53. The summed E-state index contributed by atoms with van der Waals surface area (Å²) in [5.41, 5.74) is 5.31. The number of hydrazine groups is 1. The third-order valence-corrected chi connectivity index (χ3v) is 12.1. The van der Waals surface area contributed by atoms with Crippen molar-refractivity contribution in [3.63, 3.8) is 0 Å². The number of halogens is 2. The van der Waals surface area contributed by atoms with Gasteiger partial charge in [-0.25, -0.2) is 0 Å². The molecule has 2 saturated heterocycles. The number of aromatic hydroxyl groups is 1. The fraction of sp³-hybridized carbons (Fsp3) is 0.238. The van der Waals surface area contributed by atoms with E-state index in [1.165, 1.54) is 11.0 Å². The van der Waals surface area contributed by atoms with Crippen LogP contribution in [0.1, 0.15) is 41.0 Å². The van der Waals surface area contributed by atoms with Crippen LogP contribution in [0.15, 0.2) is 103 Å². The van der Waals surface area contributed by atoms with Crippen molar-refractivity contribution in [3.05, 3.63) is 135 Å². The van der Waals surface area contributed by atoms with Gasteiger partial charge in [0.1, 0.15) is 11.5 Å². The number of amides is 4. The van der Waals surface area contributed by atoms with E-state index in [0.717, 1.165) is 16.1 Å². The van der Waals surface area contributed by atoms with Gasteiger partial charge in [-0.2, -0.15) is 5.01 Å². The average molecular weight is 749 g/mol. The van der Waals surface area contributed by atoms with E-state index in [1.807, 2.05) is 6.08 Å². The Morgan fingerprint density at radius 2 is 1.66 bits per heavy atom. The standard InChI is InChI=1S/C42H35Cl2N3O6/c1-4-23-8-13-26(14-9-23)46-38(49)29-18-17-28-31(35(29)40(46)51)21-32-39(50)47(45-34-19-12-25(43)20-33(34)44)41(52)42(32,24-10-15-27(53-3)16-11-24)36(28)30-7-5-6-22(2)37(30)48/h4-17,19-20,29,31-32,35-36,45,48H,1,18,21H2,2-3H3/t29-,31+,32-,35-,36+,42+/m0/s1. The number of aryl methyl sites for hydroxylation is 1. The monoisotopic (exact) mass is 747 g/mol. The number of methoxy groups -OCH3 is 1. The predicted molar refractivity (Wildman–Crippen MR) is 202 cm³/mol. The van der Waals surface area contributed by atoms with Crippen LogP contribution < -0.4 is 15.1 Å². The van der Waals surface area contributed by atoms with Gasteiger partial charge in [-0.05, 0) is 84.8 Å². The fourth-order valence-electron chi connectivity index (χ4n) is 9.12. The summed E-state index contributed by atoms with van der Waals surface area (Å²) in [6, 6.07) is 24.1. The van der Waals surface area contributed by atoms with E-state index < -0.39 is 46.8 Å². The number of rotatable bonds is 7. The Hall–Kier alpha value is -5.38. The molecular weight excluding hydrogens is 713 g/mol. The van der Waals surface area contributed by atoms with Gasteiger partial charge >= 0.3 is 0 Å². The maximum atomic E-state index is 15.4. The van der Waals surface area contributed by atoms with Crippen LogP contribution in [0.4, 0.5) is 11.4 Å². The second-order valence-electron chi connectivity index (χ2n) is 14.0. The Balaban J connectivity index is 1.33. The Bertz CT molecular complexity index is 2250. The Morgan fingerprint density at radius 1 is 0.925 bits per heavy atom. The highest BCUT2D eigenvalue weighted by molar-refractivity contribution is 6.36. The second kappa shape index (κ2) is 12.9. The molecule has 2 aliphatic carbocycles. The normalized spacial score (nSPS) is 26.2. The van der Waals surface area contributed by atoms with E-state index in [4.69, 9.17) is 27.9 Å². The number of anilines is 2. The molecule has 0 radical (unpaired) electrons. The number of carbonyl (C=O) groups is 4. The van der Waals surface area contributed by atoms with Crippen molar-refractivity contribution in [2.24, 2.45) is 23.7 Å². The molecule has 6 atom stereocenters. The molecule has 0 spiro atoms. The SMILES string of the molecule is C=Cc1ccc(N2C(=O)[C@H]3[C@H](CC=C4[C@H]3C[C@H]3C(=O)N(Nc5ccc(Cl)cc5Cl)C(=O)[C@@]3(c3ccc(OC)cc3)[C@H]4c3cccc(C)c3O)C2=O)cc1. The molecule has 4 aliphatic rings. The van der Waals surface area contributed by atoms with E-state index in [0.29, 0.717) is 38.8 Å². The van der Waals surface area contributed by atoms with Crippen molar-refractivity contribution in [3.8, 4) is 11.5 Å². The average Bonchev–Trinajstić information content (AvgIpc) is 3.54. The van der Waals surface area contributed by atoms with Gasteiger partial charge in [-0.3, -0.25) is 29.5 Å². The number of phenolic OH excluding ortho intramolecular Hbond substituents is 1. The van der Waals surface area contributed by atoms with Gasteiger partial charge in [-0.1, -0.05) is 90.0 Å². The molecule has 4 aromatic carbocycles. The third-order valence-electron chi connectivity index (χ3n) is 11.5. The lowest BCUT2D eigenvalue weighted by molar-refractivity contribution is -0.138. The fourth-order valence-corrected chi connectivity index (χ4v) is 9.57. The van der Waals surface area contributed by atoms with Gasteiger partial charge in [0.05, 0.1) is 46.7 Å². The summed E-state index contributed by atoms with van der Waals surface area (Å²) in [5, 5.41) is 13.4. The molecule has 8 rings (SSSR count). The van der Waals surface area contributed by atoms with Gasteiger partial charge in [0, 0.05) is 16.5 Å². The zero-order valence-electron chi connectivity index (χ0n) is 28.9. The smallest absolute Gasteiger partial charge is 0.260 e. The summed E-state index contributed by atoms with van der Waals surface area (Å²) in [6.07, 6.45) is 3.99. The molecule has 11 heteroatoms. The summed E-state index contributed by atoms with van der Waals surface area (Å²) in [4.78, 5) is 60.2. The number of benzene rings is 4. The molecule has 2 N–H and O–H groups in total. The molecule has 2 aliphatic heterocycles. The highest BCUT2D eigenvalue weighted by atomic mass is 35.5. The molecule has 0 unspecified atom stereocenters. The zero-order valence-corrected chi connectivity index (χ0v) is 30.4. The van der Waals surface area contributed by atoms with Crippen molar-refractivity contribution in [2.45, 2.75) is 31.1 Å². The Morgan fingerprint density at radius 3 is 2.34 bits per heavy atom. The van der Waals surface area contributed by atoms with Crippen LogP contribution in [-0.4, -0.2) is 40.9 Å². The van der Waals surface area contributed by atoms with Gasteiger partial charge in [0.2, 0.25) is 11.8 Å². The highest BCUT2D eigenvalue weighted by Crippen LogP contribution is 2.65. The van der Waals surface area contributed by atoms with E-state index in [2.05, 4.69) is 12.0 Å². The number of allylic oxidation sites excluding steroid dienone is 2. The van der Waals surface area contributed by atoms with Gasteiger partial charge in [-0.15, -0.1) is 0 Å². The largest absolute Gasteiger partial charge is 0.507 e. The molecule has 9 nitrogen and oxygen atoms in total. The summed E-state index contributed by atoms with van der Waals surface area (Å²) in [5.74, 6) is -5.16. The van der Waals surface area contributed by atoms with Crippen molar-refractivity contribution < 1.29 is 29.0 Å². The summed E-state index contributed by atoms with van der Waals surface area (Å²) < 4.78 is 5.47. The summed E-state index contributed by atoms with van der Waals surface area (Å²) in [6.45, 7) is 5.57. The maximum Gasteiger partial charge on any atom is 0.260 e. The number of nitrogens with one attached hydrogen (secondary N) is 1. The van der Waals surface area contributed by atoms with Crippen LogP contribution in [-0.2, 0) is 24.6 Å². The molecule has 4 aromatic rings. The minimum Gasteiger partial charge on any atom is -0.507 e. The van der Waals surface area contributed by atoms with Crippen molar-refractivity contribution >= 4 is 64.3 Å². The summed E-state index contributed by atoms with van der Waals surface area (Å²) in [7, 11) is 1.54. The van der Waals surface area contributed by atoms with Gasteiger partial charge < -0.3 is 9.84 Å². The number of hydrogen-bond acceptors (Lipinski definition) is 7. The van der Waals surface area contributed by atoms with Crippen LogP contribution in [0.3, 0.4) is 0 Å². The first kappa shape index (κ1) is 34.7. The lowest BCUT2D eigenvalue weighted by Gasteiger charge is -2.50. The van der Waals surface area contributed by atoms with E-state index in [1.54, 1.807) is 99.0 Å². The number of para-hydroxylation sites is 1. The van der Waals surface area contributed by atoms with E-state index in [9.17, 15) is 19.5 Å². The van der Waals surface area contributed by atoms with E-state index >= 15 is 4.79 Å². The molecular formula is C42H35Cl2N3O6. The van der Waals surface area contributed by atoms with Gasteiger partial charge in [0.15, 0.2) is 0 Å². The minimum atomic E-state index is -1.58. The van der Waals surface area contributed by atoms with Crippen LogP contribution in [0.25, 0.3) is 6.08 Å². The Labute approximate surface area is 316 Å². The second-order valence-corrected chi connectivity index (χ2v) is 14.9. The number of imide groups is 2. The summed E-state index contributed by atoms with van der Waals surface area (Å²) >= 11 is 12.7. The molecule has 1 saturated carbocycles. The Kier molecular flexibility index (Phi) is 8.46. The number of hydrogen-bond donors (Lipinski definition) is 2. The van der Waals surface area contributed by atoms with Crippen LogP contribution in [0, 0.1) is 30.6 Å². The molecule has 268 valence electrons. The van der Waals surface area contributed by atoms with E-state index in [-0.39, 0.29) is 35.4 Å². The first-order valence-corrected chi connectivity index (χ1v) is 18.1. The number of carbonyl (C=O) groups excluding carboxylic acids is 4. The lowest BCUT2D eigenvalue weighted by atomic mass is 9.49.